The van der Waals surface area contributed by atoms with Crippen LogP contribution < -0.4 is 9.47 Å². The van der Waals surface area contributed by atoms with Crippen molar-refractivity contribution < 1.29 is 33.3 Å². The largest absolute Gasteiger partial charge is 0.493 e. The number of aliphatic hydroxyl groups is 1. The van der Waals surface area contributed by atoms with Crippen molar-refractivity contribution in [2.24, 2.45) is 0 Å². The topological polar surface area (TPSA) is 88.5 Å². The number of nitrogens with zero attached hydrogens (tertiary/aromatic N) is 3. The standard InChI is InChI=1S/C33H32ClF2N3O5/c1-37-24-9-10-26-27(20-39(28(26)18-24)19-22-6-4-3-5-7-22)32(42,33(34,35)36)21-38-14-12-25(13-15-38)44-29-11-8-23(17-31(40)41)16-30(29)43-2/h3-11,16,18,20,25,42H,12-15,17,19,21H2,2H3,(H,40,41). The first kappa shape index (κ1) is 31.3. The number of piperidine rings is 1. The summed E-state index contributed by atoms with van der Waals surface area (Å²) in [6, 6.07) is 19.2. The number of β-amino-alcohol motifs (C(OH)–C–C–N with tert-alkyl or cyclic N) is 1. The Morgan fingerprint density at radius 3 is 2.43 bits per heavy atom. The average molecular weight is 624 g/mol. The van der Waals surface area contributed by atoms with Crippen LogP contribution in [-0.2, 0) is 23.4 Å². The molecule has 1 atom stereocenters. The molecule has 2 heterocycles. The number of aromatic nitrogens is 1. The molecule has 5 rings (SSSR count). The van der Waals surface area contributed by atoms with Crippen molar-refractivity contribution in [2.75, 3.05) is 26.7 Å². The molecular formula is C33H32ClF2N3O5. The lowest BCUT2D eigenvalue weighted by molar-refractivity contribution is -0.147. The van der Waals surface area contributed by atoms with Gasteiger partial charge in [-0.15, -0.1) is 0 Å². The summed E-state index contributed by atoms with van der Waals surface area (Å²) in [6.45, 7) is 8.10. The van der Waals surface area contributed by atoms with Crippen molar-refractivity contribution in [1.82, 2.24) is 9.47 Å². The van der Waals surface area contributed by atoms with Gasteiger partial charge in [0.2, 0.25) is 0 Å². The Hall–Kier alpha value is -4.17. The van der Waals surface area contributed by atoms with E-state index in [2.05, 4.69) is 4.85 Å². The molecule has 230 valence electrons. The summed E-state index contributed by atoms with van der Waals surface area (Å²) in [5.74, 6) is -0.0750. The van der Waals surface area contributed by atoms with Crippen molar-refractivity contribution in [2.45, 2.75) is 42.9 Å². The molecule has 0 aliphatic carbocycles. The van der Waals surface area contributed by atoms with Gasteiger partial charge in [0.1, 0.15) is 6.10 Å². The molecule has 8 nitrogen and oxygen atoms in total. The van der Waals surface area contributed by atoms with Crippen molar-refractivity contribution in [1.29, 1.82) is 0 Å². The van der Waals surface area contributed by atoms with E-state index in [9.17, 15) is 9.90 Å². The van der Waals surface area contributed by atoms with Gasteiger partial charge in [0.15, 0.2) is 22.8 Å². The highest BCUT2D eigenvalue weighted by Crippen LogP contribution is 2.45. The molecule has 1 aliphatic rings. The summed E-state index contributed by atoms with van der Waals surface area (Å²) < 4.78 is 43.8. The van der Waals surface area contributed by atoms with Crippen LogP contribution >= 0.6 is 11.6 Å². The van der Waals surface area contributed by atoms with Gasteiger partial charge < -0.3 is 24.3 Å². The van der Waals surface area contributed by atoms with Crippen LogP contribution in [-0.4, -0.2) is 63.9 Å². The number of carboxylic acid groups (broad SMARTS) is 1. The summed E-state index contributed by atoms with van der Waals surface area (Å²) in [4.78, 5) is 16.3. The minimum Gasteiger partial charge on any atom is -0.493 e. The van der Waals surface area contributed by atoms with Crippen LogP contribution in [0.25, 0.3) is 15.7 Å². The molecule has 0 saturated carbocycles. The second-order valence-electron chi connectivity index (χ2n) is 11.0. The SMILES string of the molecule is [C-]#[N+]c1ccc2c(C(O)(CN3CCC(Oc4ccc(CC(=O)O)cc4OC)CC3)C(F)(F)Cl)cn(Cc3ccccc3)c2c1. The molecule has 1 aromatic heterocycles. The van der Waals surface area contributed by atoms with Gasteiger partial charge in [-0.3, -0.25) is 9.69 Å². The molecule has 0 bridgehead atoms. The summed E-state index contributed by atoms with van der Waals surface area (Å²) in [5, 5.41) is 17.2. The number of hydrogen-bond donors (Lipinski definition) is 2. The number of methoxy groups -OCH3 is 1. The van der Waals surface area contributed by atoms with E-state index >= 15 is 8.78 Å². The number of ether oxygens (including phenoxy) is 2. The Kier molecular flexibility index (Phi) is 9.11. The van der Waals surface area contributed by atoms with E-state index in [4.69, 9.17) is 32.8 Å². The molecule has 0 radical (unpaired) electrons. The predicted octanol–water partition coefficient (Wildman–Crippen LogP) is 6.44. The van der Waals surface area contributed by atoms with Gasteiger partial charge in [-0.25, -0.2) is 4.85 Å². The maximum absolute atomic E-state index is 15.2. The maximum Gasteiger partial charge on any atom is 0.355 e. The smallest absolute Gasteiger partial charge is 0.355 e. The molecule has 1 fully saturated rings. The summed E-state index contributed by atoms with van der Waals surface area (Å²) >= 11 is 5.69. The first-order chi connectivity index (χ1) is 21.0. The molecule has 0 amide bonds. The zero-order valence-electron chi connectivity index (χ0n) is 24.1. The molecule has 1 aliphatic heterocycles. The number of hydrogen-bond acceptors (Lipinski definition) is 5. The highest BCUT2D eigenvalue weighted by atomic mass is 35.5. The first-order valence-electron chi connectivity index (χ1n) is 14.1. The third kappa shape index (κ3) is 6.65. The van der Waals surface area contributed by atoms with E-state index in [1.807, 2.05) is 30.3 Å². The van der Waals surface area contributed by atoms with Gasteiger partial charge in [-0.1, -0.05) is 48.5 Å². The molecule has 1 unspecified atom stereocenters. The van der Waals surface area contributed by atoms with E-state index in [-0.39, 0.29) is 18.1 Å². The number of carboxylic acids is 1. The number of benzene rings is 3. The fourth-order valence-electron chi connectivity index (χ4n) is 5.70. The Bertz CT molecular complexity index is 1680. The van der Waals surface area contributed by atoms with E-state index in [1.54, 1.807) is 45.9 Å². The maximum atomic E-state index is 15.2. The highest BCUT2D eigenvalue weighted by Gasteiger charge is 2.55. The van der Waals surface area contributed by atoms with Gasteiger partial charge in [0, 0.05) is 48.8 Å². The van der Waals surface area contributed by atoms with Crippen molar-refractivity contribution >= 4 is 34.2 Å². The lowest BCUT2D eigenvalue weighted by atomic mass is 9.91. The van der Waals surface area contributed by atoms with Gasteiger partial charge in [0.05, 0.1) is 20.1 Å². The molecule has 1 saturated heterocycles. The highest BCUT2D eigenvalue weighted by molar-refractivity contribution is 6.22. The molecule has 44 heavy (non-hydrogen) atoms. The normalized spacial score (nSPS) is 15.9. The second kappa shape index (κ2) is 12.8. The Labute approximate surface area is 258 Å². The number of halogens is 3. The minimum atomic E-state index is -4.00. The Morgan fingerprint density at radius 1 is 1.07 bits per heavy atom. The zero-order valence-corrected chi connectivity index (χ0v) is 24.8. The molecule has 2 N–H and O–H groups in total. The van der Waals surface area contributed by atoms with Crippen molar-refractivity contribution in [3.8, 4) is 11.5 Å². The second-order valence-corrected chi connectivity index (χ2v) is 11.5. The number of likely N-dealkylation sites (tertiary alicyclic amines) is 1. The van der Waals surface area contributed by atoms with Gasteiger partial charge in [-0.05, 0) is 53.8 Å². The summed E-state index contributed by atoms with van der Waals surface area (Å²) in [7, 11) is 1.47. The number of carbonyl (C=O) groups is 1. The first-order valence-corrected chi connectivity index (χ1v) is 14.5. The van der Waals surface area contributed by atoms with Gasteiger partial charge in [-0.2, -0.15) is 8.78 Å². The van der Waals surface area contributed by atoms with Crippen LogP contribution in [0, 0.1) is 6.57 Å². The lowest BCUT2D eigenvalue weighted by Crippen LogP contribution is -2.52. The minimum absolute atomic E-state index is 0.00970. The van der Waals surface area contributed by atoms with E-state index < -0.39 is 23.5 Å². The number of rotatable bonds is 11. The number of fused-ring (bicyclic) bond motifs is 1. The quantitative estimate of drug-likeness (QED) is 0.148. The zero-order chi connectivity index (χ0) is 31.5. The van der Waals surface area contributed by atoms with E-state index in [1.165, 1.54) is 13.3 Å². The van der Waals surface area contributed by atoms with Crippen molar-refractivity contribution in [3.05, 3.63) is 101 Å². The monoisotopic (exact) mass is 623 g/mol. The summed E-state index contributed by atoms with van der Waals surface area (Å²) in [5.41, 5.74) is -0.330. The van der Waals surface area contributed by atoms with Crippen LogP contribution in [0.15, 0.2) is 72.9 Å². The third-order valence-electron chi connectivity index (χ3n) is 7.97. The van der Waals surface area contributed by atoms with Crippen LogP contribution in [0.5, 0.6) is 11.5 Å². The predicted molar refractivity (Wildman–Crippen MR) is 163 cm³/mol. The number of alkyl halides is 3. The van der Waals surface area contributed by atoms with Gasteiger partial charge in [0.25, 0.3) is 0 Å². The van der Waals surface area contributed by atoms with E-state index in [0.717, 1.165) is 5.56 Å². The molecule has 3 aromatic carbocycles. The van der Waals surface area contributed by atoms with Gasteiger partial charge >= 0.3 is 11.4 Å². The number of aliphatic carboxylic acids is 1. The molecule has 4 aromatic rings. The Morgan fingerprint density at radius 2 is 1.80 bits per heavy atom. The van der Waals surface area contributed by atoms with Crippen LogP contribution in [0.3, 0.4) is 0 Å². The molecule has 11 heteroatoms. The summed E-state index contributed by atoms with van der Waals surface area (Å²) in [6.07, 6.45) is 2.12. The molecule has 0 spiro atoms. The third-order valence-corrected chi connectivity index (χ3v) is 8.28. The van der Waals surface area contributed by atoms with Crippen LogP contribution in [0.4, 0.5) is 14.5 Å². The van der Waals surface area contributed by atoms with Crippen LogP contribution in [0.1, 0.15) is 29.5 Å². The van der Waals surface area contributed by atoms with Crippen LogP contribution in [0.2, 0.25) is 0 Å². The lowest BCUT2D eigenvalue weighted by Gasteiger charge is -2.39. The Balaban J connectivity index is 1.36. The fraction of sp³-hybridized carbons (Fsp3) is 0.333. The van der Waals surface area contributed by atoms with E-state index in [0.29, 0.717) is 66.1 Å². The molecular weight excluding hydrogens is 592 g/mol. The fourth-order valence-corrected chi connectivity index (χ4v) is 5.86. The average Bonchev–Trinajstić information content (AvgIpc) is 3.36. The van der Waals surface area contributed by atoms with Crippen molar-refractivity contribution in [3.63, 3.8) is 0 Å².